The summed E-state index contributed by atoms with van der Waals surface area (Å²) in [5.74, 6) is -0.307. The molecule has 0 saturated heterocycles. The third-order valence-corrected chi connectivity index (χ3v) is 5.07. The number of alkyl halides is 1. The fraction of sp³-hybridized carbons (Fsp3) is 0.250. The highest BCUT2D eigenvalue weighted by Gasteiger charge is 2.15. The second kappa shape index (κ2) is 10.3. The first-order chi connectivity index (χ1) is 15.0. The van der Waals surface area contributed by atoms with Crippen LogP contribution in [0.25, 0.3) is 21.9 Å². The summed E-state index contributed by atoms with van der Waals surface area (Å²) in [6.45, 7) is 6.19. The summed E-state index contributed by atoms with van der Waals surface area (Å²) in [5, 5.41) is 2.54. The highest BCUT2D eigenvalue weighted by Crippen LogP contribution is 2.25. The molecular weight excluding hydrogens is 464 g/mol. The van der Waals surface area contributed by atoms with Crippen molar-refractivity contribution < 1.29 is 27.9 Å². The van der Waals surface area contributed by atoms with E-state index in [0.29, 0.717) is 18.5 Å². The van der Waals surface area contributed by atoms with Crippen LogP contribution in [-0.4, -0.2) is 25.2 Å². The van der Waals surface area contributed by atoms with E-state index < -0.39 is 11.9 Å². The average Bonchev–Trinajstić information content (AvgIpc) is 3.40. The van der Waals surface area contributed by atoms with Crippen LogP contribution in [0.2, 0.25) is 0 Å². The van der Waals surface area contributed by atoms with Crippen LogP contribution in [0.15, 0.2) is 57.4 Å². The molecule has 6 nitrogen and oxygen atoms in total. The molecule has 0 aliphatic heterocycles. The number of para-hydroxylation sites is 2. The summed E-state index contributed by atoms with van der Waals surface area (Å²) < 4.78 is 20.7. The summed E-state index contributed by atoms with van der Waals surface area (Å²) in [6.07, 6.45) is 0. The molecule has 2 aromatic carbocycles. The Morgan fingerprint density at radius 2 is 1.35 bits per heavy atom. The first-order valence-corrected chi connectivity index (χ1v) is 11.0. The zero-order valence-electron chi connectivity index (χ0n) is 17.6. The van der Waals surface area contributed by atoms with Crippen molar-refractivity contribution in [1.82, 2.24) is 0 Å². The number of hydrogen-bond donors (Lipinski definition) is 0. The van der Waals surface area contributed by atoms with Crippen LogP contribution in [0.3, 0.4) is 0 Å². The number of benzene rings is 2. The van der Waals surface area contributed by atoms with Gasteiger partial charge >= 0.3 is 11.9 Å². The molecule has 0 aliphatic rings. The van der Waals surface area contributed by atoms with Crippen LogP contribution >= 0.6 is 15.9 Å². The maximum Gasteiger partial charge on any atom is 0.374 e. The Bertz CT molecular complexity index is 1200. The van der Waals surface area contributed by atoms with Gasteiger partial charge in [-0.25, -0.2) is 9.59 Å². The number of halogens is 1. The number of aryl methyl sites for hydroxylation is 1. The van der Waals surface area contributed by atoms with Crippen molar-refractivity contribution in [2.75, 3.05) is 13.2 Å². The van der Waals surface area contributed by atoms with Crippen molar-refractivity contribution in [2.24, 2.45) is 0 Å². The minimum absolute atomic E-state index is 0.255. The Morgan fingerprint density at radius 1 is 0.839 bits per heavy atom. The smallest absolute Gasteiger partial charge is 0.374 e. The molecule has 0 bridgehead atoms. The minimum Gasteiger partial charge on any atom is -0.460 e. The van der Waals surface area contributed by atoms with Crippen molar-refractivity contribution in [3.8, 4) is 0 Å². The van der Waals surface area contributed by atoms with Crippen molar-refractivity contribution in [2.45, 2.75) is 26.1 Å². The number of carbonyl (C=O) groups excluding carboxylic acids is 2. The molecule has 4 aromatic rings. The fourth-order valence-corrected chi connectivity index (χ4v) is 3.48. The third-order valence-electron chi connectivity index (χ3n) is 4.46. The zero-order chi connectivity index (χ0) is 22.4. The molecule has 4 rings (SSSR count). The highest BCUT2D eigenvalue weighted by atomic mass is 79.9. The Hall–Kier alpha value is -3.06. The van der Waals surface area contributed by atoms with Crippen LogP contribution in [0, 0.1) is 6.92 Å². The molecule has 2 aromatic heterocycles. The van der Waals surface area contributed by atoms with E-state index in [9.17, 15) is 9.59 Å². The van der Waals surface area contributed by atoms with Crippen LogP contribution in [0.1, 0.15) is 46.1 Å². The van der Waals surface area contributed by atoms with Crippen LogP contribution in [0.4, 0.5) is 0 Å². The summed E-state index contributed by atoms with van der Waals surface area (Å²) in [6, 6.07) is 15.0. The molecule has 7 heteroatoms. The Balaban J connectivity index is 0.000000176. The summed E-state index contributed by atoms with van der Waals surface area (Å²) in [7, 11) is 0. The van der Waals surface area contributed by atoms with E-state index in [1.165, 1.54) is 0 Å². The zero-order valence-corrected chi connectivity index (χ0v) is 19.2. The maximum absolute atomic E-state index is 11.5. The highest BCUT2D eigenvalue weighted by molar-refractivity contribution is 9.08. The predicted molar refractivity (Wildman–Crippen MR) is 122 cm³/mol. The summed E-state index contributed by atoms with van der Waals surface area (Å²) in [5.41, 5.74) is 3.53. The van der Waals surface area contributed by atoms with Crippen LogP contribution in [-0.2, 0) is 14.8 Å². The SMILES string of the molecule is CCOC(=O)c1cc2cccc(C)c2o1.CCOC(=O)c1cc2cccc(CBr)c2o1. The molecule has 162 valence electrons. The van der Waals surface area contributed by atoms with E-state index in [1.54, 1.807) is 26.0 Å². The number of fused-ring (bicyclic) bond motifs is 2. The second-order valence-electron chi connectivity index (χ2n) is 6.62. The van der Waals surface area contributed by atoms with Gasteiger partial charge in [-0.3, -0.25) is 0 Å². The molecule has 2 heterocycles. The fourth-order valence-electron chi connectivity index (χ4n) is 3.04. The second-order valence-corrected chi connectivity index (χ2v) is 7.19. The standard InChI is InChI=1S/C12H11BrO3.C12H12O3/c1-2-15-12(14)10-6-8-4-3-5-9(7-13)11(8)16-10;1-3-14-12(13)10-7-9-6-4-5-8(2)11(9)15-10/h3-6H,2,7H2,1H3;4-7H,3H2,1-2H3. The van der Waals surface area contributed by atoms with E-state index >= 15 is 0 Å². The van der Waals surface area contributed by atoms with Gasteiger partial charge in [0.25, 0.3) is 0 Å². The van der Waals surface area contributed by atoms with Gasteiger partial charge in [-0.1, -0.05) is 52.3 Å². The van der Waals surface area contributed by atoms with Gasteiger partial charge in [0.2, 0.25) is 11.5 Å². The van der Waals surface area contributed by atoms with Gasteiger partial charge in [-0.05, 0) is 38.5 Å². The minimum atomic E-state index is -0.417. The molecule has 0 atom stereocenters. The number of hydrogen-bond acceptors (Lipinski definition) is 6. The number of furan rings is 2. The lowest BCUT2D eigenvalue weighted by atomic mass is 10.2. The van der Waals surface area contributed by atoms with Gasteiger partial charge in [0, 0.05) is 21.7 Å². The molecule has 0 radical (unpaired) electrons. The quantitative estimate of drug-likeness (QED) is 0.239. The first kappa shape index (κ1) is 22.6. The summed E-state index contributed by atoms with van der Waals surface area (Å²) >= 11 is 3.38. The van der Waals surface area contributed by atoms with Gasteiger partial charge in [-0.15, -0.1) is 0 Å². The summed E-state index contributed by atoms with van der Waals surface area (Å²) in [4.78, 5) is 22.9. The molecular formula is C24H23BrO6. The Morgan fingerprint density at radius 3 is 1.87 bits per heavy atom. The van der Waals surface area contributed by atoms with Gasteiger partial charge in [0.05, 0.1) is 13.2 Å². The first-order valence-electron chi connectivity index (χ1n) is 9.89. The maximum atomic E-state index is 11.5. The molecule has 0 aliphatic carbocycles. The third kappa shape index (κ3) is 5.17. The van der Waals surface area contributed by atoms with Gasteiger partial charge in [0.1, 0.15) is 11.2 Å². The number of rotatable bonds is 5. The van der Waals surface area contributed by atoms with Gasteiger partial charge in [-0.2, -0.15) is 0 Å². The van der Waals surface area contributed by atoms with E-state index in [-0.39, 0.29) is 11.5 Å². The van der Waals surface area contributed by atoms with E-state index in [2.05, 4.69) is 15.9 Å². The molecule has 0 spiro atoms. The van der Waals surface area contributed by atoms with Crippen LogP contribution < -0.4 is 0 Å². The monoisotopic (exact) mass is 486 g/mol. The van der Waals surface area contributed by atoms with E-state index in [4.69, 9.17) is 18.3 Å². The Labute approximate surface area is 188 Å². The van der Waals surface area contributed by atoms with Crippen molar-refractivity contribution >= 4 is 49.8 Å². The molecule has 0 fully saturated rings. The largest absolute Gasteiger partial charge is 0.460 e. The Kier molecular flexibility index (Phi) is 7.52. The van der Waals surface area contributed by atoms with Crippen molar-refractivity contribution in [3.63, 3.8) is 0 Å². The number of esters is 2. The lowest BCUT2D eigenvalue weighted by Crippen LogP contribution is -2.02. The lowest BCUT2D eigenvalue weighted by molar-refractivity contribution is 0.0484. The van der Waals surface area contributed by atoms with Crippen molar-refractivity contribution in [3.05, 3.63) is 71.2 Å². The van der Waals surface area contributed by atoms with Gasteiger partial charge < -0.3 is 18.3 Å². The molecule has 31 heavy (non-hydrogen) atoms. The number of ether oxygens (including phenoxy) is 2. The molecule has 0 saturated carbocycles. The number of carbonyl (C=O) groups is 2. The average molecular weight is 487 g/mol. The molecule has 0 unspecified atom stereocenters. The van der Waals surface area contributed by atoms with Gasteiger partial charge in [0.15, 0.2) is 0 Å². The molecule has 0 amide bonds. The van der Waals surface area contributed by atoms with E-state index in [0.717, 1.165) is 33.1 Å². The normalized spacial score (nSPS) is 10.6. The predicted octanol–water partition coefficient (Wildman–Crippen LogP) is 6.42. The van der Waals surface area contributed by atoms with Crippen molar-refractivity contribution in [1.29, 1.82) is 0 Å². The van der Waals surface area contributed by atoms with Crippen LogP contribution in [0.5, 0.6) is 0 Å². The van der Waals surface area contributed by atoms with E-state index in [1.807, 2.05) is 43.3 Å². The lowest BCUT2D eigenvalue weighted by Gasteiger charge is -1.97. The molecule has 0 N–H and O–H groups in total. The topological polar surface area (TPSA) is 78.9 Å².